The van der Waals surface area contributed by atoms with Gasteiger partial charge in [-0.3, -0.25) is 0 Å². The quantitative estimate of drug-likeness (QED) is 0.374. The second kappa shape index (κ2) is 11.1. The van der Waals surface area contributed by atoms with Crippen LogP contribution in [0.25, 0.3) is 11.4 Å². The van der Waals surface area contributed by atoms with E-state index < -0.39 is 37.1 Å². The van der Waals surface area contributed by atoms with Gasteiger partial charge < -0.3 is 25.4 Å². The molecule has 0 spiro atoms. The summed E-state index contributed by atoms with van der Waals surface area (Å²) in [5.41, 5.74) is 1.32. The number of nitrogens with zero attached hydrogens (tertiary/aromatic N) is 3. The number of urea groups is 1. The van der Waals surface area contributed by atoms with Crippen LogP contribution in [-0.2, 0) is 19.3 Å². The van der Waals surface area contributed by atoms with Crippen LogP contribution >= 0.6 is 0 Å². The Kier molecular flexibility index (Phi) is 7.71. The van der Waals surface area contributed by atoms with E-state index in [4.69, 9.17) is 14.8 Å². The van der Waals surface area contributed by atoms with Crippen LogP contribution in [0.2, 0.25) is 0 Å². The third kappa shape index (κ3) is 5.49. The molecule has 0 bridgehead atoms. The van der Waals surface area contributed by atoms with E-state index >= 15 is 0 Å². The van der Waals surface area contributed by atoms with Gasteiger partial charge in [0.25, 0.3) is 0 Å². The van der Waals surface area contributed by atoms with Crippen molar-refractivity contribution in [2.45, 2.75) is 35.4 Å². The number of nitrogens with one attached hydrogen (secondary N) is 2. The van der Waals surface area contributed by atoms with Crippen LogP contribution in [0.15, 0.2) is 53.4 Å². The van der Waals surface area contributed by atoms with Gasteiger partial charge in [-0.2, -0.15) is 0 Å². The first-order chi connectivity index (χ1) is 19.1. The SMILES string of the molecule is C[C@H]1COCCN1c1cc(C2(S(=O)(=O)c3cc(F)cc(F)c3)CC2)nc(-c2ccc(NC(=O)NCCO)cc2)n1. The third-order valence-electron chi connectivity index (χ3n) is 7.00. The van der Waals surface area contributed by atoms with E-state index in [9.17, 15) is 22.0 Å². The number of halogens is 2. The number of aliphatic hydroxyl groups is 1. The maximum absolute atomic E-state index is 14.0. The summed E-state index contributed by atoms with van der Waals surface area (Å²) in [5, 5.41) is 14.0. The number of amides is 2. The molecule has 3 N–H and O–H groups in total. The monoisotopic (exact) mass is 573 g/mol. The molecule has 2 heterocycles. The fraction of sp³-hybridized carbons (Fsp3) is 0.370. The number of aromatic nitrogens is 2. The number of carbonyl (C=O) groups excluding carboxylic acids is 1. The molecule has 212 valence electrons. The summed E-state index contributed by atoms with van der Waals surface area (Å²) in [6, 6.07) is 10.1. The van der Waals surface area contributed by atoms with E-state index in [2.05, 4.69) is 15.6 Å². The van der Waals surface area contributed by atoms with E-state index in [1.54, 1.807) is 30.3 Å². The number of rotatable bonds is 8. The van der Waals surface area contributed by atoms with Crippen molar-refractivity contribution in [3.8, 4) is 11.4 Å². The number of anilines is 2. The van der Waals surface area contributed by atoms with Gasteiger partial charge in [-0.1, -0.05) is 0 Å². The highest BCUT2D eigenvalue weighted by Gasteiger charge is 2.58. The average Bonchev–Trinajstić information content (AvgIpc) is 3.75. The first-order valence-corrected chi connectivity index (χ1v) is 14.3. The molecule has 0 radical (unpaired) electrons. The van der Waals surface area contributed by atoms with Crippen molar-refractivity contribution < 1.29 is 31.8 Å². The van der Waals surface area contributed by atoms with Gasteiger partial charge in [-0.25, -0.2) is 32.0 Å². The lowest BCUT2D eigenvalue weighted by molar-refractivity contribution is 0.0985. The minimum atomic E-state index is -4.20. The zero-order valence-corrected chi connectivity index (χ0v) is 22.5. The number of benzene rings is 2. The number of ether oxygens (including phenoxy) is 1. The highest BCUT2D eigenvalue weighted by Crippen LogP contribution is 2.55. The summed E-state index contributed by atoms with van der Waals surface area (Å²) in [7, 11) is -4.20. The number of morpholine rings is 1. The molecule has 1 aromatic heterocycles. The molecule has 2 amide bonds. The number of hydrogen-bond acceptors (Lipinski definition) is 8. The Hall–Kier alpha value is -3.68. The molecule has 1 saturated heterocycles. The molecule has 1 aliphatic heterocycles. The fourth-order valence-corrected chi connectivity index (χ4v) is 6.75. The predicted molar refractivity (Wildman–Crippen MR) is 144 cm³/mol. The molecule has 10 nitrogen and oxygen atoms in total. The molecule has 40 heavy (non-hydrogen) atoms. The molecule has 13 heteroatoms. The summed E-state index contributed by atoms with van der Waals surface area (Å²) < 4.78 is 59.6. The maximum atomic E-state index is 14.0. The highest BCUT2D eigenvalue weighted by atomic mass is 32.2. The summed E-state index contributed by atoms with van der Waals surface area (Å²) in [4.78, 5) is 22.9. The van der Waals surface area contributed by atoms with Crippen LogP contribution in [0.1, 0.15) is 25.5 Å². The van der Waals surface area contributed by atoms with Crippen LogP contribution in [0.3, 0.4) is 0 Å². The molecular weight excluding hydrogens is 544 g/mol. The molecule has 3 aromatic rings. The van der Waals surface area contributed by atoms with Gasteiger partial charge in [0.15, 0.2) is 15.7 Å². The molecular formula is C27H29F2N5O5S. The van der Waals surface area contributed by atoms with Crippen molar-refractivity contribution in [1.29, 1.82) is 0 Å². The lowest BCUT2D eigenvalue weighted by Crippen LogP contribution is -2.44. The maximum Gasteiger partial charge on any atom is 0.319 e. The van der Waals surface area contributed by atoms with Gasteiger partial charge in [0.1, 0.15) is 22.2 Å². The molecule has 1 atom stereocenters. The van der Waals surface area contributed by atoms with Crippen LogP contribution in [-0.4, -0.2) is 68.5 Å². The number of sulfone groups is 1. The summed E-state index contributed by atoms with van der Waals surface area (Å²) >= 11 is 0. The standard InChI is InChI=1S/C27H29F2N5O5S/c1-17-16-39-11-9-34(17)24-15-23(27(6-7-27)40(37,38)22-13-19(28)12-20(29)14-22)32-25(33-24)18-2-4-21(5-3-18)31-26(36)30-8-10-35/h2-5,12-15,17,35H,6-11,16H2,1H3,(H2,30,31,36)/t17-/m0/s1. The highest BCUT2D eigenvalue weighted by molar-refractivity contribution is 7.92. The Morgan fingerprint density at radius 3 is 2.45 bits per heavy atom. The van der Waals surface area contributed by atoms with Gasteiger partial charge >= 0.3 is 6.03 Å². The second-order valence-electron chi connectivity index (χ2n) is 9.84. The van der Waals surface area contributed by atoms with E-state index in [1.807, 2.05) is 11.8 Å². The minimum absolute atomic E-state index is 0.0302. The fourth-order valence-electron chi connectivity index (χ4n) is 4.74. The summed E-state index contributed by atoms with van der Waals surface area (Å²) in [6.07, 6.45) is 0.488. The van der Waals surface area contributed by atoms with Gasteiger partial charge in [-0.15, -0.1) is 0 Å². The Labute approximate surface area is 230 Å². The lowest BCUT2D eigenvalue weighted by Gasteiger charge is -2.34. The van der Waals surface area contributed by atoms with Crippen molar-refractivity contribution >= 4 is 27.4 Å². The Balaban J connectivity index is 1.55. The Bertz CT molecular complexity index is 1500. The van der Waals surface area contributed by atoms with Crippen LogP contribution in [0, 0.1) is 11.6 Å². The third-order valence-corrected chi connectivity index (χ3v) is 9.51. The number of aliphatic hydroxyl groups excluding tert-OH is 1. The Morgan fingerprint density at radius 2 is 1.82 bits per heavy atom. The summed E-state index contributed by atoms with van der Waals surface area (Å²) in [5.74, 6) is -1.15. The minimum Gasteiger partial charge on any atom is -0.395 e. The molecule has 1 saturated carbocycles. The van der Waals surface area contributed by atoms with Gasteiger partial charge in [-0.05, 0) is 56.2 Å². The van der Waals surface area contributed by atoms with Crippen LogP contribution < -0.4 is 15.5 Å². The average molecular weight is 574 g/mol. The van der Waals surface area contributed by atoms with Crippen LogP contribution in [0.4, 0.5) is 25.1 Å². The van der Waals surface area contributed by atoms with Crippen molar-refractivity contribution in [2.75, 3.05) is 43.1 Å². The smallest absolute Gasteiger partial charge is 0.319 e. The molecule has 2 aromatic carbocycles. The second-order valence-corrected chi connectivity index (χ2v) is 12.1. The zero-order valence-electron chi connectivity index (χ0n) is 21.7. The molecule has 5 rings (SSSR count). The van der Waals surface area contributed by atoms with Gasteiger partial charge in [0.2, 0.25) is 0 Å². The topological polar surface area (TPSA) is 134 Å². The number of carbonyl (C=O) groups is 1. The molecule has 1 aliphatic carbocycles. The first kappa shape index (κ1) is 27.9. The molecule has 0 unspecified atom stereocenters. The van der Waals surface area contributed by atoms with E-state index in [0.29, 0.717) is 42.9 Å². The van der Waals surface area contributed by atoms with Crippen molar-refractivity contribution in [3.05, 3.63) is 65.9 Å². The van der Waals surface area contributed by atoms with Crippen LogP contribution in [0.5, 0.6) is 0 Å². The van der Waals surface area contributed by atoms with E-state index in [0.717, 1.165) is 12.1 Å². The normalized spacial score (nSPS) is 18.3. The van der Waals surface area contributed by atoms with E-state index in [1.165, 1.54) is 0 Å². The van der Waals surface area contributed by atoms with Crippen molar-refractivity contribution in [1.82, 2.24) is 15.3 Å². The first-order valence-electron chi connectivity index (χ1n) is 12.8. The van der Waals surface area contributed by atoms with Gasteiger partial charge in [0, 0.05) is 36.5 Å². The lowest BCUT2D eigenvalue weighted by atomic mass is 10.1. The predicted octanol–water partition coefficient (Wildman–Crippen LogP) is 3.22. The van der Waals surface area contributed by atoms with E-state index in [-0.39, 0.29) is 43.6 Å². The van der Waals surface area contributed by atoms with Crippen molar-refractivity contribution in [3.63, 3.8) is 0 Å². The largest absolute Gasteiger partial charge is 0.395 e. The summed E-state index contributed by atoms with van der Waals surface area (Å²) in [6.45, 7) is 3.39. The van der Waals surface area contributed by atoms with Crippen molar-refractivity contribution in [2.24, 2.45) is 0 Å². The van der Waals surface area contributed by atoms with Gasteiger partial charge in [0.05, 0.1) is 36.5 Å². The Morgan fingerprint density at radius 1 is 1.12 bits per heavy atom. The molecule has 2 fully saturated rings. The molecule has 2 aliphatic rings. The number of hydrogen-bond donors (Lipinski definition) is 3. The zero-order chi connectivity index (χ0) is 28.5.